The average Bonchev–Trinajstić information content (AvgIpc) is 3.38. The number of hydrogen-bond donors (Lipinski definition) is 0. The average molecular weight is 823 g/mol. The molecule has 0 heterocycles. The summed E-state index contributed by atoms with van der Waals surface area (Å²) in [7, 11) is 0. The van der Waals surface area contributed by atoms with Gasteiger partial charge in [-0.15, -0.1) is 0 Å². The number of para-hydroxylation sites is 1. The minimum absolute atomic E-state index is 0.301. The van der Waals surface area contributed by atoms with Crippen LogP contribution in [-0.4, -0.2) is 0 Å². The number of fused-ring (bicyclic) bond motifs is 2. The van der Waals surface area contributed by atoms with Crippen molar-refractivity contribution >= 4 is 39.6 Å². The molecule has 0 fully saturated rings. The molecule has 2 heteroatoms. The molecule has 0 spiro atoms. The summed E-state index contributed by atoms with van der Waals surface area (Å²) < 4.78 is 0. The van der Waals surface area contributed by atoms with Crippen molar-refractivity contribution in [2.45, 2.75) is 38.0 Å². The van der Waals surface area contributed by atoms with E-state index in [-0.39, 0.29) is 0 Å². The molecule has 8 aromatic rings. The normalized spacial score (nSPS) is 15.3. The van der Waals surface area contributed by atoms with E-state index >= 15 is 0 Å². The Labute approximate surface area is 377 Å². The van der Waals surface area contributed by atoms with Crippen molar-refractivity contribution in [2.24, 2.45) is 0 Å². The van der Waals surface area contributed by atoms with Crippen LogP contribution in [0.1, 0.15) is 48.3 Å². The minimum atomic E-state index is 0.301. The van der Waals surface area contributed by atoms with Gasteiger partial charge in [0.05, 0.1) is 0 Å². The first kappa shape index (κ1) is 39.2. The SMILES string of the molecule is C1=CCCC(N(C2=CCC(c3cccc(-c4ccc(N(c5ccccc5)c5ccc(-c6cccc7ccccc67)cc5)cc4)c3)C=C2)c2ccc(-c3cccc4c3C=CCC4)cc2)=C1. The van der Waals surface area contributed by atoms with Gasteiger partial charge < -0.3 is 9.80 Å². The van der Waals surface area contributed by atoms with Gasteiger partial charge in [0.1, 0.15) is 0 Å². The fourth-order valence-electron chi connectivity index (χ4n) is 9.83. The van der Waals surface area contributed by atoms with E-state index in [2.05, 4.69) is 246 Å². The minimum Gasteiger partial charge on any atom is -0.315 e. The predicted molar refractivity (Wildman–Crippen MR) is 272 cm³/mol. The molecule has 0 aliphatic heterocycles. The van der Waals surface area contributed by atoms with Crippen molar-refractivity contribution in [3.63, 3.8) is 0 Å². The van der Waals surface area contributed by atoms with E-state index in [1.54, 1.807) is 0 Å². The van der Waals surface area contributed by atoms with E-state index in [0.29, 0.717) is 5.92 Å². The van der Waals surface area contributed by atoms with Gasteiger partial charge >= 0.3 is 0 Å². The van der Waals surface area contributed by atoms with Crippen LogP contribution in [0.2, 0.25) is 0 Å². The number of benzene rings is 8. The van der Waals surface area contributed by atoms with Crippen LogP contribution < -0.4 is 9.80 Å². The summed E-state index contributed by atoms with van der Waals surface area (Å²) in [6.45, 7) is 0. The molecule has 11 rings (SSSR count). The second-order valence-corrected chi connectivity index (χ2v) is 17.1. The van der Waals surface area contributed by atoms with Crippen LogP contribution in [0.15, 0.2) is 242 Å². The van der Waals surface area contributed by atoms with Gasteiger partial charge in [0.25, 0.3) is 0 Å². The number of nitrogens with zero attached hydrogens (tertiary/aromatic N) is 2. The van der Waals surface area contributed by atoms with Crippen LogP contribution in [0.3, 0.4) is 0 Å². The lowest BCUT2D eigenvalue weighted by Gasteiger charge is -2.32. The van der Waals surface area contributed by atoms with Gasteiger partial charge in [-0.1, -0.05) is 176 Å². The van der Waals surface area contributed by atoms with Crippen molar-refractivity contribution in [3.05, 3.63) is 259 Å². The zero-order valence-electron chi connectivity index (χ0n) is 36.0. The Morgan fingerprint density at radius 2 is 1.09 bits per heavy atom. The fraction of sp³-hybridized carbons (Fsp3) is 0.0968. The lowest BCUT2D eigenvalue weighted by Crippen LogP contribution is -2.23. The summed E-state index contributed by atoms with van der Waals surface area (Å²) >= 11 is 0. The standard InChI is InChI=1S/C62H50N2/c1-3-20-53(21-4-1)63(57-40-32-49(33-41-57)61-26-12-16-47-14-7-9-24-59(47)61)55-36-28-45(29-37-55)51-18-11-19-52(44-51)46-30-38-56(39-31-46)64(54-22-5-2-6-23-54)58-42-34-50(35-43-58)62-27-13-17-48-15-8-10-25-60(48)62/h1-5,7,9-14,16-22,24-30,32-44,46H,6,8,15,23,31H2. The summed E-state index contributed by atoms with van der Waals surface area (Å²) in [5.41, 5.74) is 18.8. The second-order valence-electron chi connectivity index (χ2n) is 17.1. The third-order valence-electron chi connectivity index (χ3n) is 13.1. The highest BCUT2D eigenvalue weighted by atomic mass is 15.2. The summed E-state index contributed by atoms with van der Waals surface area (Å²) in [6.07, 6.45) is 23.8. The maximum Gasteiger partial charge on any atom is 0.0462 e. The Balaban J connectivity index is 0.831. The molecule has 8 aromatic carbocycles. The molecule has 3 aliphatic rings. The largest absolute Gasteiger partial charge is 0.315 e. The molecule has 1 unspecified atom stereocenters. The summed E-state index contributed by atoms with van der Waals surface area (Å²) in [5, 5.41) is 2.53. The quantitative estimate of drug-likeness (QED) is 0.136. The van der Waals surface area contributed by atoms with E-state index in [1.165, 1.54) is 77.9 Å². The lowest BCUT2D eigenvalue weighted by molar-refractivity contribution is 0.826. The van der Waals surface area contributed by atoms with Gasteiger partial charge in [0.2, 0.25) is 0 Å². The molecular weight excluding hydrogens is 773 g/mol. The summed E-state index contributed by atoms with van der Waals surface area (Å²) in [6, 6.07) is 68.9. The monoisotopic (exact) mass is 822 g/mol. The van der Waals surface area contributed by atoms with Gasteiger partial charge in [-0.25, -0.2) is 0 Å². The van der Waals surface area contributed by atoms with Crippen molar-refractivity contribution in [2.75, 3.05) is 9.80 Å². The van der Waals surface area contributed by atoms with Crippen LogP contribution in [0.25, 0.3) is 50.2 Å². The van der Waals surface area contributed by atoms with E-state index in [4.69, 9.17) is 0 Å². The Bertz CT molecular complexity index is 3100. The van der Waals surface area contributed by atoms with Crippen molar-refractivity contribution < 1.29 is 0 Å². The van der Waals surface area contributed by atoms with Gasteiger partial charge in [0, 0.05) is 40.1 Å². The van der Waals surface area contributed by atoms with E-state index in [0.717, 1.165) is 49.2 Å². The highest BCUT2D eigenvalue weighted by molar-refractivity contribution is 5.97. The molecule has 0 radical (unpaired) electrons. The predicted octanol–water partition coefficient (Wildman–Crippen LogP) is 16.9. The molecule has 0 aromatic heterocycles. The maximum absolute atomic E-state index is 2.47. The first-order valence-corrected chi connectivity index (χ1v) is 22.8. The van der Waals surface area contributed by atoms with Gasteiger partial charge in [-0.05, 0) is 154 Å². The first-order valence-electron chi connectivity index (χ1n) is 22.8. The van der Waals surface area contributed by atoms with Crippen molar-refractivity contribution in [1.29, 1.82) is 0 Å². The molecule has 308 valence electrons. The molecule has 64 heavy (non-hydrogen) atoms. The maximum atomic E-state index is 2.47. The van der Waals surface area contributed by atoms with Gasteiger partial charge in [-0.2, -0.15) is 0 Å². The van der Waals surface area contributed by atoms with Gasteiger partial charge in [0.15, 0.2) is 0 Å². The number of allylic oxidation sites excluding steroid dienone is 8. The summed E-state index contributed by atoms with van der Waals surface area (Å²) in [4.78, 5) is 4.81. The van der Waals surface area contributed by atoms with Crippen LogP contribution in [0.4, 0.5) is 22.7 Å². The zero-order valence-corrected chi connectivity index (χ0v) is 36.0. The highest BCUT2D eigenvalue weighted by Gasteiger charge is 2.21. The topological polar surface area (TPSA) is 6.48 Å². The Morgan fingerprint density at radius 3 is 1.84 bits per heavy atom. The number of aryl methyl sites for hydroxylation is 1. The molecule has 3 aliphatic carbocycles. The number of rotatable bonds is 10. The Morgan fingerprint density at radius 1 is 0.453 bits per heavy atom. The Hall–Kier alpha value is -7.68. The zero-order chi connectivity index (χ0) is 42.7. The highest BCUT2D eigenvalue weighted by Crippen LogP contribution is 2.40. The third-order valence-corrected chi connectivity index (χ3v) is 13.1. The summed E-state index contributed by atoms with van der Waals surface area (Å²) in [5.74, 6) is 0.301. The van der Waals surface area contributed by atoms with Crippen LogP contribution >= 0.6 is 0 Å². The van der Waals surface area contributed by atoms with Crippen LogP contribution in [0, 0.1) is 0 Å². The molecule has 0 N–H and O–H groups in total. The third kappa shape index (κ3) is 7.84. The van der Waals surface area contributed by atoms with Crippen molar-refractivity contribution in [1.82, 2.24) is 0 Å². The lowest BCUT2D eigenvalue weighted by atomic mass is 9.89. The van der Waals surface area contributed by atoms with E-state index < -0.39 is 0 Å². The molecule has 0 saturated heterocycles. The molecule has 1 atom stereocenters. The fourth-order valence-corrected chi connectivity index (χ4v) is 9.83. The van der Waals surface area contributed by atoms with E-state index in [1.807, 2.05) is 0 Å². The van der Waals surface area contributed by atoms with Gasteiger partial charge in [-0.3, -0.25) is 0 Å². The van der Waals surface area contributed by atoms with Crippen LogP contribution in [0.5, 0.6) is 0 Å². The Kier molecular flexibility index (Phi) is 10.8. The first-order chi connectivity index (χ1) is 31.7. The molecule has 0 saturated carbocycles. The van der Waals surface area contributed by atoms with E-state index in [9.17, 15) is 0 Å². The van der Waals surface area contributed by atoms with Crippen LogP contribution in [-0.2, 0) is 6.42 Å². The van der Waals surface area contributed by atoms with Crippen molar-refractivity contribution in [3.8, 4) is 33.4 Å². The number of anilines is 4. The molecule has 0 amide bonds. The molecule has 2 nitrogen and oxygen atoms in total. The number of hydrogen-bond acceptors (Lipinski definition) is 2. The molecule has 0 bridgehead atoms. The smallest absolute Gasteiger partial charge is 0.0462 e. The second kappa shape index (κ2) is 17.6. The molecular formula is C62H50N2.